The molecule has 0 aliphatic heterocycles. The van der Waals surface area contributed by atoms with Gasteiger partial charge in [0.2, 0.25) is 0 Å². The topological polar surface area (TPSA) is 35.2 Å². The molecule has 1 aliphatic carbocycles. The molecule has 1 aromatic rings. The lowest BCUT2D eigenvalue weighted by molar-refractivity contribution is -0.174. The molecule has 3 unspecified atom stereocenters. The first-order valence-corrected chi connectivity index (χ1v) is 6.42. The van der Waals surface area contributed by atoms with Crippen LogP contribution in [0.1, 0.15) is 24.3 Å². The molecule has 1 fully saturated rings. The lowest BCUT2D eigenvalue weighted by Crippen LogP contribution is -2.26. The molecule has 2 rings (SSSR count). The normalized spacial score (nSPS) is 24.2. The summed E-state index contributed by atoms with van der Waals surface area (Å²) in [6, 6.07) is 9.99. The molecular formula is C14H18F3NO. The van der Waals surface area contributed by atoms with Crippen molar-refractivity contribution in [1.29, 1.82) is 0 Å². The van der Waals surface area contributed by atoms with Gasteiger partial charge in [-0.05, 0) is 30.2 Å². The van der Waals surface area contributed by atoms with Crippen LogP contribution in [0.25, 0.3) is 0 Å². The molecule has 0 bridgehead atoms. The van der Waals surface area contributed by atoms with Crippen LogP contribution in [0.5, 0.6) is 0 Å². The monoisotopic (exact) mass is 273 g/mol. The lowest BCUT2D eigenvalue weighted by atomic mass is 10.0. The highest BCUT2D eigenvalue weighted by Gasteiger charge is 2.42. The van der Waals surface area contributed by atoms with Gasteiger partial charge in [-0.3, -0.25) is 0 Å². The Kier molecular flexibility index (Phi) is 4.47. The first kappa shape index (κ1) is 14.3. The van der Waals surface area contributed by atoms with E-state index in [9.17, 15) is 13.2 Å². The summed E-state index contributed by atoms with van der Waals surface area (Å²) in [5.74, 6) is 0.829. The molecule has 1 saturated carbocycles. The number of hydrogen-bond acceptors (Lipinski definition) is 2. The Balaban J connectivity index is 1.67. The van der Waals surface area contributed by atoms with Crippen molar-refractivity contribution in [2.24, 2.45) is 11.7 Å². The average molecular weight is 273 g/mol. The third-order valence-corrected chi connectivity index (χ3v) is 3.48. The molecular weight excluding hydrogens is 255 g/mol. The van der Waals surface area contributed by atoms with E-state index in [-0.39, 0.29) is 12.6 Å². The second kappa shape index (κ2) is 5.92. The summed E-state index contributed by atoms with van der Waals surface area (Å²) in [6.45, 7) is -1.12. The molecule has 1 aromatic carbocycles. The number of alkyl halides is 3. The fraction of sp³-hybridized carbons (Fsp3) is 0.571. The molecule has 106 valence electrons. The fourth-order valence-corrected chi connectivity index (χ4v) is 2.39. The molecule has 0 radical (unpaired) electrons. The molecule has 0 amide bonds. The van der Waals surface area contributed by atoms with Gasteiger partial charge in [-0.2, -0.15) is 13.2 Å². The lowest BCUT2D eigenvalue weighted by Gasteiger charge is -2.12. The number of hydrogen-bond donors (Lipinski definition) is 1. The van der Waals surface area contributed by atoms with Crippen LogP contribution in [0, 0.1) is 5.92 Å². The van der Waals surface area contributed by atoms with Gasteiger partial charge >= 0.3 is 6.18 Å². The molecule has 0 spiro atoms. The van der Waals surface area contributed by atoms with Gasteiger partial charge in [-0.15, -0.1) is 0 Å². The molecule has 1 aliphatic rings. The van der Waals surface area contributed by atoms with E-state index < -0.39 is 12.8 Å². The Morgan fingerprint density at radius 1 is 1.26 bits per heavy atom. The predicted octanol–water partition coefficient (Wildman–Crippen LogP) is 3.09. The van der Waals surface area contributed by atoms with Crippen molar-refractivity contribution in [3.05, 3.63) is 35.9 Å². The largest absolute Gasteiger partial charge is 0.411 e. The number of rotatable bonds is 6. The fourth-order valence-electron chi connectivity index (χ4n) is 2.39. The molecule has 19 heavy (non-hydrogen) atoms. The zero-order chi connectivity index (χ0) is 13.9. The van der Waals surface area contributed by atoms with Crippen LogP contribution >= 0.6 is 0 Å². The molecule has 0 heterocycles. The predicted molar refractivity (Wildman–Crippen MR) is 66.8 cm³/mol. The van der Waals surface area contributed by atoms with Crippen LogP contribution in [-0.2, 0) is 4.74 Å². The number of halogens is 3. The van der Waals surface area contributed by atoms with Gasteiger partial charge < -0.3 is 10.5 Å². The summed E-state index contributed by atoms with van der Waals surface area (Å²) in [4.78, 5) is 0. The second-order valence-corrected chi connectivity index (χ2v) is 5.04. The SMILES string of the molecule is NC(CCOCC(F)(F)F)C1CC1c1ccccc1. The maximum Gasteiger partial charge on any atom is 0.411 e. The highest BCUT2D eigenvalue weighted by molar-refractivity contribution is 5.26. The van der Waals surface area contributed by atoms with Crippen LogP contribution < -0.4 is 5.73 Å². The van der Waals surface area contributed by atoms with Crippen molar-refractivity contribution in [2.75, 3.05) is 13.2 Å². The van der Waals surface area contributed by atoms with Crippen molar-refractivity contribution >= 4 is 0 Å². The van der Waals surface area contributed by atoms with Gasteiger partial charge in [0, 0.05) is 12.6 Å². The van der Waals surface area contributed by atoms with Crippen LogP contribution in [0.3, 0.4) is 0 Å². The zero-order valence-electron chi connectivity index (χ0n) is 10.6. The number of benzene rings is 1. The molecule has 2 nitrogen and oxygen atoms in total. The Bertz CT molecular complexity index is 393. The summed E-state index contributed by atoms with van der Waals surface area (Å²) < 4.78 is 40.2. The van der Waals surface area contributed by atoms with Gasteiger partial charge in [0.15, 0.2) is 0 Å². The smallest absolute Gasteiger partial charge is 0.372 e. The third-order valence-electron chi connectivity index (χ3n) is 3.48. The Morgan fingerprint density at radius 2 is 1.95 bits per heavy atom. The molecule has 5 heteroatoms. The minimum Gasteiger partial charge on any atom is -0.372 e. The van der Waals surface area contributed by atoms with E-state index >= 15 is 0 Å². The molecule has 0 aromatic heterocycles. The Hall–Kier alpha value is -1.07. The molecule has 0 saturated heterocycles. The van der Waals surface area contributed by atoms with E-state index in [4.69, 9.17) is 5.73 Å². The third kappa shape index (κ3) is 4.51. The minimum absolute atomic E-state index is 0.0681. The van der Waals surface area contributed by atoms with Crippen molar-refractivity contribution in [3.63, 3.8) is 0 Å². The molecule has 3 atom stereocenters. The van der Waals surface area contributed by atoms with Gasteiger partial charge in [0.05, 0.1) is 0 Å². The first-order valence-electron chi connectivity index (χ1n) is 6.42. The maximum atomic E-state index is 11.9. The summed E-state index contributed by atoms with van der Waals surface area (Å²) in [6.07, 6.45) is -2.76. The zero-order valence-corrected chi connectivity index (χ0v) is 10.6. The van der Waals surface area contributed by atoms with Gasteiger partial charge in [-0.25, -0.2) is 0 Å². The minimum atomic E-state index is -4.25. The van der Waals surface area contributed by atoms with Gasteiger partial charge in [-0.1, -0.05) is 30.3 Å². The average Bonchev–Trinajstić information content (AvgIpc) is 3.14. The second-order valence-electron chi connectivity index (χ2n) is 5.04. The van der Waals surface area contributed by atoms with Crippen molar-refractivity contribution in [1.82, 2.24) is 0 Å². The van der Waals surface area contributed by atoms with Crippen LogP contribution in [0.4, 0.5) is 13.2 Å². The van der Waals surface area contributed by atoms with E-state index in [1.165, 1.54) is 5.56 Å². The highest BCUT2D eigenvalue weighted by Crippen LogP contribution is 2.49. The molecule has 2 N–H and O–H groups in total. The number of nitrogens with two attached hydrogens (primary N) is 1. The van der Waals surface area contributed by atoms with E-state index in [0.717, 1.165) is 6.42 Å². The van der Waals surface area contributed by atoms with E-state index in [1.807, 2.05) is 18.2 Å². The summed E-state index contributed by atoms with van der Waals surface area (Å²) in [5.41, 5.74) is 7.26. The van der Waals surface area contributed by atoms with E-state index in [2.05, 4.69) is 16.9 Å². The quantitative estimate of drug-likeness (QED) is 0.808. The van der Waals surface area contributed by atoms with Crippen LogP contribution in [-0.4, -0.2) is 25.4 Å². The Morgan fingerprint density at radius 3 is 2.58 bits per heavy atom. The van der Waals surface area contributed by atoms with Crippen molar-refractivity contribution < 1.29 is 17.9 Å². The summed E-state index contributed by atoms with van der Waals surface area (Å²) in [5, 5.41) is 0. The van der Waals surface area contributed by atoms with E-state index in [1.54, 1.807) is 0 Å². The van der Waals surface area contributed by atoms with Gasteiger partial charge in [0.1, 0.15) is 6.61 Å². The van der Waals surface area contributed by atoms with Crippen molar-refractivity contribution in [3.8, 4) is 0 Å². The van der Waals surface area contributed by atoms with Crippen molar-refractivity contribution in [2.45, 2.75) is 31.0 Å². The highest BCUT2D eigenvalue weighted by atomic mass is 19.4. The standard InChI is InChI=1S/C14H18F3NO/c15-14(16,17)9-19-7-6-13(18)12-8-11(12)10-4-2-1-3-5-10/h1-5,11-13H,6-9,18H2. The maximum absolute atomic E-state index is 11.9. The number of ether oxygens (including phenoxy) is 1. The summed E-state index contributed by atoms with van der Waals surface area (Å²) in [7, 11) is 0. The van der Waals surface area contributed by atoms with E-state index in [0.29, 0.717) is 18.3 Å². The van der Waals surface area contributed by atoms with Crippen LogP contribution in [0.15, 0.2) is 30.3 Å². The summed E-state index contributed by atoms with van der Waals surface area (Å²) >= 11 is 0. The Labute approximate surface area is 110 Å². The first-order chi connectivity index (χ1) is 8.97. The van der Waals surface area contributed by atoms with Crippen LogP contribution in [0.2, 0.25) is 0 Å². The van der Waals surface area contributed by atoms with Gasteiger partial charge in [0.25, 0.3) is 0 Å².